The van der Waals surface area contributed by atoms with E-state index in [1.165, 1.54) is 12.1 Å². The van der Waals surface area contributed by atoms with Crippen molar-refractivity contribution in [3.05, 3.63) is 30.9 Å². The zero-order valence-electron chi connectivity index (χ0n) is 6.40. The molecule has 0 bridgehead atoms. The number of rotatable bonds is 1. The Morgan fingerprint density at radius 2 is 2.09 bits per heavy atom. The highest BCUT2D eigenvalue weighted by atomic mass is 15.1. The molecule has 0 spiro atoms. The summed E-state index contributed by atoms with van der Waals surface area (Å²) in [5.74, 6) is 0. The number of hydrogen-bond donors (Lipinski definition) is 0. The van der Waals surface area contributed by atoms with E-state index in [2.05, 4.69) is 28.4 Å². The highest BCUT2D eigenvalue weighted by molar-refractivity contribution is 5.46. The molecular weight excluding hydrogens is 136 g/mol. The first-order valence-electron chi connectivity index (χ1n) is 3.93. The van der Waals surface area contributed by atoms with E-state index in [9.17, 15) is 0 Å². The minimum absolute atomic E-state index is 1.09. The van der Waals surface area contributed by atoms with E-state index < -0.39 is 0 Å². The molecule has 2 rings (SSSR count). The predicted molar refractivity (Wildman–Crippen MR) is 45.4 cm³/mol. The van der Waals surface area contributed by atoms with Crippen LogP contribution >= 0.6 is 0 Å². The number of aromatic nitrogens is 1. The maximum atomic E-state index is 3.98. The van der Waals surface area contributed by atoms with Gasteiger partial charge in [0.05, 0.1) is 0 Å². The van der Waals surface area contributed by atoms with Crippen LogP contribution in [0.25, 0.3) is 0 Å². The van der Waals surface area contributed by atoms with E-state index in [4.69, 9.17) is 0 Å². The van der Waals surface area contributed by atoms with Crippen LogP contribution in [-0.2, 0) is 0 Å². The van der Waals surface area contributed by atoms with Crippen LogP contribution < -0.4 is 4.90 Å². The molecule has 1 fully saturated rings. The highest BCUT2D eigenvalue weighted by Crippen LogP contribution is 2.17. The standard InChI is InChI=1S/C9H11N2/c1-2-8-11(7-1)9-3-5-10-6-4-9/h1,3-6H,2,7-8H2. The van der Waals surface area contributed by atoms with Crippen molar-refractivity contribution >= 4 is 5.69 Å². The molecule has 1 saturated heterocycles. The van der Waals surface area contributed by atoms with Crippen LogP contribution in [0, 0.1) is 6.42 Å². The molecule has 0 saturated carbocycles. The summed E-state index contributed by atoms with van der Waals surface area (Å²) in [7, 11) is 0. The van der Waals surface area contributed by atoms with E-state index in [1.54, 1.807) is 0 Å². The molecule has 11 heavy (non-hydrogen) atoms. The van der Waals surface area contributed by atoms with Gasteiger partial charge in [-0.25, -0.2) is 0 Å². The van der Waals surface area contributed by atoms with Gasteiger partial charge in [-0.15, -0.1) is 0 Å². The summed E-state index contributed by atoms with van der Waals surface area (Å²) in [5, 5.41) is 0. The zero-order valence-corrected chi connectivity index (χ0v) is 6.40. The summed E-state index contributed by atoms with van der Waals surface area (Å²) in [6.07, 6.45) is 7.20. The third-order valence-electron chi connectivity index (χ3n) is 1.98. The SMILES string of the molecule is [CH]1CCN(c2ccncc2)C1. The number of nitrogens with zero attached hydrogens (tertiary/aromatic N) is 2. The van der Waals surface area contributed by atoms with Gasteiger partial charge in [0.15, 0.2) is 0 Å². The molecule has 0 aliphatic carbocycles. The Hall–Kier alpha value is -1.05. The lowest BCUT2D eigenvalue weighted by Gasteiger charge is -2.16. The van der Waals surface area contributed by atoms with Gasteiger partial charge in [-0.2, -0.15) is 0 Å². The normalized spacial score (nSPS) is 17.3. The van der Waals surface area contributed by atoms with Crippen LogP contribution in [0.4, 0.5) is 5.69 Å². The molecule has 1 radical (unpaired) electrons. The lowest BCUT2D eigenvalue weighted by Crippen LogP contribution is -2.17. The molecule has 1 aromatic rings. The molecule has 0 atom stereocenters. The van der Waals surface area contributed by atoms with Crippen molar-refractivity contribution in [3.63, 3.8) is 0 Å². The van der Waals surface area contributed by atoms with E-state index in [0.29, 0.717) is 0 Å². The summed E-state index contributed by atoms with van der Waals surface area (Å²) >= 11 is 0. The molecule has 0 aromatic carbocycles. The molecule has 0 unspecified atom stereocenters. The first-order chi connectivity index (χ1) is 5.47. The third kappa shape index (κ3) is 1.34. The van der Waals surface area contributed by atoms with Crippen molar-refractivity contribution in [2.75, 3.05) is 18.0 Å². The summed E-state index contributed by atoms with van der Waals surface area (Å²) in [6.45, 7) is 2.24. The van der Waals surface area contributed by atoms with E-state index in [0.717, 1.165) is 13.1 Å². The summed E-state index contributed by atoms with van der Waals surface area (Å²) in [5.41, 5.74) is 1.29. The molecule has 2 heteroatoms. The van der Waals surface area contributed by atoms with Crippen molar-refractivity contribution in [3.8, 4) is 0 Å². The largest absolute Gasteiger partial charge is 0.371 e. The lowest BCUT2D eigenvalue weighted by atomic mass is 10.4. The van der Waals surface area contributed by atoms with Crippen LogP contribution in [0.15, 0.2) is 24.5 Å². The molecule has 1 aliphatic rings. The number of hydrogen-bond acceptors (Lipinski definition) is 2. The van der Waals surface area contributed by atoms with E-state index >= 15 is 0 Å². The molecule has 1 aromatic heterocycles. The quantitative estimate of drug-likeness (QED) is 0.598. The smallest absolute Gasteiger partial charge is 0.0397 e. The molecule has 57 valence electrons. The average Bonchev–Trinajstić information content (AvgIpc) is 2.58. The first kappa shape index (κ1) is 6.65. The number of anilines is 1. The highest BCUT2D eigenvalue weighted by Gasteiger charge is 2.11. The van der Waals surface area contributed by atoms with Crippen molar-refractivity contribution in [2.45, 2.75) is 6.42 Å². The van der Waals surface area contributed by atoms with Crippen molar-refractivity contribution in [1.82, 2.24) is 4.98 Å². The fourth-order valence-corrected chi connectivity index (χ4v) is 1.37. The van der Waals surface area contributed by atoms with Crippen LogP contribution in [0.2, 0.25) is 0 Å². The van der Waals surface area contributed by atoms with Crippen molar-refractivity contribution in [2.24, 2.45) is 0 Å². The maximum absolute atomic E-state index is 3.98. The van der Waals surface area contributed by atoms with Gasteiger partial charge in [0, 0.05) is 31.2 Å². The van der Waals surface area contributed by atoms with Gasteiger partial charge in [0.1, 0.15) is 0 Å². The minimum Gasteiger partial charge on any atom is -0.371 e. The third-order valence-corrected chi connectivity index (χ3v) is 1.98. The Balaban J connectivity index is 2.16. The Bertz CT molecular complexity index is 214. The summed E-state index contributed by atoms with van der Waals surface area (Å²) < 4.78 is 0. The lowest BCUT2D eigenvalue weighted by molar-refractivity contribution is 0.965. The first-order valence-corrected chi connectivity index (χ1v) is 3.93. The fraction of sp³-hybridized carbons (Fsp3) is 0.333. The zero-order chi connectivity index (χ0) is 7.52. The van der Waals surface area contributed by atoms with Gasteiger partial charge in [-0.3, -0.25) is 4.98 Å². The molecule has 2 heterocycles. The fourth-order valence-electron chi connectivity index (χ4n) is 1.37. The van der Waals surface area contributed by atoms with Gasteiger partial charge < -0.3 is 4.90 Å². The molecular formula is C9H11N2. The van der Waals surface area contributed by atoms with Gasteiger partial charge >= 0.3 is 0 Å². The maximum Gasteiger partial charge on any atom is 0.0397 e. The molecule has 1 aliphatic heterocycles. The Kier molecular flexibility index (Phi) is 1.76. The van der Waals surface area contributed by atoms with Gasteiger partial charge in [-0.05, 0) is 25.0 Å². The summed E-state index contributed by atoms with van der Waals surface area (Å²) in [6, 6.07) is 4.11. The predicted octanol–water partition coefficient (Wildman–Crippen LogP) is 1.50. The van der Waals surface area contributed by atoms with Crippen LogP contribution in [0.3, 0.4) is 0 Å². The van der Waals surface area contributed by atoms with Gasteiger partial charge in [0.2, 0.25) is 0 Å². The number of pyridine rings is 1. The van der Waals surface area contributed by atoms with Crippen molar-refractivity contribution in [1.29, 1.82) is 0 Å². The second-order valence-corrected chi connectivity index (χ2v) is 2.73. The van der Waals surface area contributed by atoms with Gasteiger partial charge in [-0.1, -0.05) is 0 Å². The monoisotopic (exact) mass is 147 g/mol. The topological polar surface area (TPSA) is 16.1 Å². The molecule has 2 nitrogen and oxygen atoms in total. The molecule has 0 N–H and O–H groups in total. The Labute approximate surface area is 66.9 Å². The van der Waals surface area contributed by atoms with E-state index in [1.807, 2.05) is 12.4 Å². The average molecular weight is 147 g/mol. The second kappa shape index (κ2) is 2.91. The second-order valence-electron chi connectivity index (χ2n) is 2.73. The minimum atomic E-state index is 1.09. The molecule has 0 amide bonds. The van der Waals surface area contributed by atoms with Crippen LogP contribution in [0.1, 0.15) is 6.42 Å². The van der Waals surface area contributed by atoms with Crippen LogP contribution in [-0.4, -0.2) is 18.1 Å². The Morgan fingerprint density at radius 1 is 1.27 bits per heavy atom. The summed E-state index contributed by atoms with van der Waals surface area (Å²) in [4.78, 5) is 6.33. The Morgan fingerprint density at radius 3 is 2.73 bits per heavy atom. The van der Waals surface area contributed by atoms with Gasteiger partial charge in [0.25, 0.3) is 0 Å². The van der Waals surface area contributed by atoms with Crippen LogP contribution in [0.5, 0.6) is 0 Å². The van der Waals surface area contributed by atoms with Crippen molar-refractivity contribution < 1.29 is 0 Å². The van der Waals surface area contributed by atoms with E-state index in [-0.39, 0.29) is 0 Å².